The molecule has 3 amide bonds. The highest BCUT2D eigenvalue weighted by atomic mass is 16.2. The lowest BCUT2D eigenvalue weighted by Gasteiger charge is -2.43. The number of benzene rings is 1. The van der Waals surface area contributed by atoms with Gasteiger partial charge in [-0.2, -0.15) is 5.10 Å². The number of aromatic nitrogens is 2. The summed E-state index contributed by atoms with van der Waals surface area (Å²) in [4.78, 5) is 25.1. The van der Waals surface area contributed by atoms with Crippen molar-refractivity contribution >= 4 is 23.1 Å². The summed E-state index contributed by atoms with van der Waals surface area (Å²) >= 11 is 0. The fourth-order valence-electron chi connectivity index (χ4n) is 4.96. The fourth-order valence-corrected chi connectivity index (χ4v) is 4.96. The van der Waals surface area contributed by atoms with Crippen LogP contribution in [0.2, 0.25) is 0 Å². The lowest BCUT2D eigenvalue weighted by molar-refractivity contribution is 0.100. The lowest BCUT2D eigenvalue weighted by Crippen LogP contribution is -2.60. The van der Waals surface area contributed by atoms with Crippen LogP contribution in [0.4, 0.5) is 10.5 Å². The number of nitrogens with two attached hydrogens (primary N) is 1. The molecule has 1 aromatic carbocycles. The van der Waals surface area contributed by atoms with Gasteiger partial charge in [0.15, 0.2) is 0 Å². The molecule has 8 nitrogen and oxygen atoms in total. The van der Waals surface area contributed by atoms with E-state index in [1.54, 1.807) is 4.52 Å². The maximum absolute atomic E-state index is 12.7. The van der Waals surface area contributed by atoms with Crippen LogP contribution in [0.5, 0.6) is 0 Å². The normalized spacial score (nSPS) is 21.6. The second kappa shape index (κ2) is 8.59. The smallest absolute Gasteiger partial charge is 0.315 e. The molecule has 35 heavy (non-hydrogen) atoms. The molecular weight excluding hydrogens is 440 g/mol. The Balaban J connectivity index is 1.68. The van der Waals surface area contributed by atoms with Crippen molar-refractivity contribution in [2.45, 2.75) is 71.5 Å². The quantitative estimate of drug-likeness (QED) is 0.432. The van der Waals surface area contributed by atoms with E-state index >= 15 is 0 Å². The first kappa shape index (κ1) is 24.6. The number of anilines is 1. The SMILES string of the molecule is CC(C)(C)NC(=O)NC1(C)CCC(Nc2c(C(N)=O)cnn3cc(-c4ccccc4)cc23)C1(C)C. The van der Waals surface area contributed by atoms with Gasteiger partial charge in [-0.3, -0.25) is 4.79 Å². The third kappa shape index (κ3) is 4.70. The Bertz CT molecular complexity index is 1260. The predicted octanol–water partition coefficient (Wildman–Crippen LogP) is 4.56. The van der Waals surface area contributed by atoms with Crippen LogP contribution in [0.15, 0.2) is 48.8 Å². The number of nitrogens with zero attached hydrogens (tertiary/aromatic N) is 2. The highest BCUT2D eigenvalue weighted by Crippen LogP contribution is 2.47. The minimum Gasteiger partial charge on any atom is -0.379 e. The minimum absolute atomic E-state index is 0.0122. The Morgan fingerprint density at radius 1 is 1.11 bits per heavy atom. The van der Waals surface area contributed by atoms with E-state index in [2.05, 4.69) is 41.8 Å². The Kier molecular flexibility index (Phi) is 6.03. The molecule has 2 heterocycles. The number of urea groups is 1. The lowest BCUT2D eigenvalue weighted by atomic mass is 9.74. The van der Waals surface area contributed by atoms with E-state index in [1.165, 1.54) is 6.20 Å². The van der Waals surface area contributed by atoms with E-state index < -0.39 is 11.4 Å². The topological polar surface area (TPSA) is 114 Å². The number of fused-ring (bicyclic) bond motifs is 1. The summed E-state index contributed by atoms with van der Waals surface area (Å²) in [6.07, 6.45) is 5.07. The number of primary amides is 1. The summed E-state index contributed by atoms with van der Waals surface area (Å²) < 4.78 is 1.77. The summed E-state index contributed by atoms with van der Waals surface area (Å²) in [5, 5.41) is 14.3. The Morgan fingerprint density at radius 3 is 2.43 bits per heavy atom. The van der Waals surface area contributed by atoms with Gasteiger partial charge in [-0.25, -0.2) is 9.31 Å². The van der Waals surface area contributed by atoms with Gasteiger partial charge in [0.1, 0.15) is 0 Å². The molecule has 0 aliphatic heterocycles. The van der Waals surface area contributed by atoms with Gasteiger partial charge in [0.25, 0.3) is 5.91 Å². The molecule has 1 fully saturated rings. The molecule has 0 bridgehead atoms. The van der Waals surface area contributed by atoms with Gasteiger partial charge in [-0.05, 0) is 52.2 Å². The average molecular weight is 477 g/mol. The molecule has 8 heteroatoms. The predicted molar refractivity (Wildman–Crippen MR) is 139 cm³/mol. The van der Waals surface area contributed by atoms with E-state index in [0.717, 1.165) is 29.5 Å². The Labute approximate surface area is 206 Å². The van der Waals surface area contributed by atoms with E-state index in [9.17, 15) is 9.59 Å². The van der Waals surface area contributed by atoms with Crippen LogP contribution in [-0.2, 0) is 0 Å². The molecule has 3 aromatic rings. The summed E-state index contributed by atoms with van der Waals surface area (Å²) in [7, 11) is 0. The maximum atomic E-state index is 12.7. The zero-order valence-electron chi connectivity index (χ0n) is 21.4. The van der Waals surface area contributed by atoms with Gasteiger partial charge in [0.05, 0.1) is 23.0 Å². The van der Waals surface area contributed by atoms with E-state index in [0.29, 0.717) is 11.3 Å². The van der Waals surface area contributed by atoms with E-state index in [4.69, 9.17) is 5.73 Å². The molecule has 0 radical (unpaired) electrons. The molecule has 2 aromatic heterocycles. The van der Waals surface area contributed by atoms with Crippen LogP contribution in [0, 0.1) is 5.41 Å². The van der Waals surface area contributed by atoms with Gasteiger partial charge in [-0.1, -0.05) is 44.2 Å². The van der Waals surface area contributed by atoms with Crippen LogP contribution in [0.1, 0.15) is 64.7 Å². The first-order chi connectivity index (χ1) is 16.3. The molecular formula is C27H36N6O2. The first-order valence-electron chi connectivity index (χ1n) is 12.0. The third-order valence-electron chi connectivity index (χ3n) is 7.43. The Morgan fingerprint density at radius 2 is 1.80 bits per heavy atom. The van der Waals surface area contributed by atoms with Gasteiger partial charge < -0.3 is 21.7 Å². The van der Waals surface area contributed by atoms with Crippen LogP contribution >= 0.6 is 0 Å². The average Bonchev–Trinajstić information content (AvgIpc) is 3.28. The van der Waals surface area contributed by atoms with Crippen molar-refractivity contribution in [1.82, 2.24) is 20.2 Å². The maximum Gasteiger partial charge on any atom is 0.315 e. The number of carbonyl (C=O) groups is 2. The van der Waals surface area contributed by atoms with Crippen molar-refractivity contribution in [3.05, 3.63) is 54.4 Å². The van der Waals surface area contributed by atoms with Gasteiger partial charge >= 0.3 is 6.03 Å². The summed E-state index contributed by atoms with van der Waals surface area (Å²) in [6, 6.07) is 11.9. The molecule has 186 valence electrons. The minimum atomic E-state index is -0.536. The number of nitrogens with one attached hydrogen (secondary N) is 3. The summed E-state index contributed by atoms with van der Waals surface area (Å²) in [5.74, 6) is -0.536. The zero-order chi connectivity index (χ0) is 25.6. The van der Waals surface area contributed by atoms with Gasteiger partial charge in [0.2, 0.25) is 0 Å². The van der Waals surface area contributed by atoms with Gasteiger partial charge in [0, 0.05) is 34.3 Å². The molecule has 0 saturated heterocycles. The summed E-state index contributed by atoms with van der Waals surface area (Å²) in [5.41, 5.74) is 8.49. The summed E-state index contributed by atoms with van der Waals surface area (Å²) in [6.45, 7) is 12.2. The highest BCUT2D eigenvalue weighted by Gasteiger charge is 2.52. The largest absolute Gasteiger partial charge is 0.379 e. The van der Waals surface area contributed by atoms with Crippen LogP contribution in [0.3, 0.4) is 0 Å². The molecule has 0 spiro atoms. The van der Waals surface area contributed by atoms with Crippen LogP contribution < -0.4 is 21.7 Å². The number of hydrogen-bond acceptors (Lipinski definition) is 4. The van der Waals surface area contributed by atoms with Crippen molar-refractivity contribution in [1.29, 1.82) is 0 Å². The van der Waals surface area contributed by atoms with Crippen molar-refractivity contribution in [3.63, 3.8) is 0 Å². The van der Waals surface area contributed by atoms with E-state index in [-0.39, 0.29) is 23.0 Å². The van der Waals surface area contributed by atoms with Gasteiger partial charge in [-0.15, -0.1) is 0 Å². The molecule has 1 aliphatic rings. The molecule has 2 atom stereocenters. The monoisotopic (exact) mass is 476 g/mol. The van der Waals surface area contributed by atoms with Crippen LogP contribution in [0.25, 0.3) is 16.6 Å². The van der Waals surface area contributed by atoms with E-state index in [1.807, 2.05) is 63.4 Å². The van der Waals surface area contributed by atoms with Crippen LogP contribution in [-0.4, -0.2) is 38.7 Å². The second-order valence-corrected chi connectivity index (χ2v) is 11.3. The molecule has 4 rings (SSSR count). The van der Waals surface area contributed by atoms with Crippen molar-refractivity contribution in [3.8, 4) is 11.1 Å². The number of amides is 3. The van der Waals surface area contributed by atoms with Crippen molar-refractivity contribution in [2.24, 2.45) is 11.1 Å². The fraction of sp³-hybridized carbons (Fsp3) is 0.444. The second-order valence-electron chi connectivity index (χ2n) is 11.3. The van der Waals surface area contributed by atoms with Crippen molar-refractivity contribution in [2.75, 3.05) is 5.32 Å². The Hall–Kier alpha value is -3.55. The van der Waals surface area contributed by atoms with Crippen molar-refractivity contribution < 1.29 is 9.59 Å². The molecule has 1 aliphatic carbocycles. The standard InChI is InChI=1S/C27H36N6O2/c1-25(2,3)31-24(35)32-27(6)13-12-21(26(27,4)5)30-22-19(23(28)34)15-29-33-16-18(14-20(22)33)17-10-8-7-9-11-17/h7-11,14-16,21,30H,12-13H2,1-6H3,(H2,28,34)(H2,31,32,35). The first-order valence-corrected chi connectivity index (χ1v) is 12.0. The number of hydrogen-bond donors (Lipinski definition) is 4. The molecule has 2 unspecified atom stereocenters. The molecule has 5 N–H and O–H groups in total. The number of rotatable bonds is 5. The third-order valence-corrected chi connectivity index (χ3v) is 7.43. The highest BCUT2D eigenvalue weighted by molar-refractivity contribution is 6.02. The zero-order valence-corrected chi connectivity index (χ0v) is 21.4. The molecule has 1 saturated carbocycles. The number of carbonyl (C=O) groups excluding carboxylic acids is 2.